The first-order chi connectivity index (χ1) is 10.9. The molecule has 0 saturated carbocycles. The highest BCUT2D eigenvalue weighted by atomic mass is 79.9. The van der Waals surface area contributed by atoms with Crippen molar-refractivity contribution in [2.45, 2.75) is 19.7 Å². The van der Waals surface area contributed by atoms with Gasteiger partial charge in [-0.25, -0.2) is 0 Å². The van der Waals surface area contributed by atoms with Crippen molar-refractivity contribution in [2.24, 2.45) is 0 Å². The quantitative estimate of drug-likeness (QED) is 0.465. The van der Waals surface area contributed by atoms with E-state index < -0.39 is 6.36 Å². The van der Waals surface area contributed by atoms with Crippen LogP contribution in [0, 0.1) is 6.92 Å². The highest BCUT2D eigenvalue weighted by molar-refractivity contribution is 9.09. The standard InChI is InChI=1S/C17H16BrF3O2/c1-12-5-2-8-15(16(12)22-10-4-9-18)13-6-3-7-14(11-13)23-17(19,20)21/h2-3,5-8,11H,4,9-10H2,1H3. The number of hydrogen-bond donors (Lipinski definition) is 0. The van der Waals surface area contributed by atoms with Gasteiger partial charge in [-0.3, -0.25) is 0 Å². The van der Waals surface area contributed by atoms with Gasteiger partial charge in [0.1, 0.15) is 11.5 Å². The van der Waals surface area contributed by atoms with Crippen molar-refractivity contribution in [2.75, 3.05) is 11.9 Å². The fourth-order valence-electron chi connectivity index (χ4n) is 2.16. The van der Waals surface area contributed by atoms with Crippen LogP contribution in [0.15, 0.2) is 42.5 Å². The summed E-state index contributed by atoms with van der Waals surface area (Å²) < 4.78 is 46.9. The highest BCUT2D eigenvalue weighted by Crippen LogP contribution is 2.35. The predicted octanol–water partition coefficient (Wildman–Crippen LogP) is 5.72. The van der Waals surface area contributed by atoms with Crippen LogP contribution in [0.2, 0.25) is 0 Å². The molecule has 2 aromatic carbocycles. The summed E-state index contributed by atoms with van der Waals surface area (Å²) in [6.07, 6.45) is -3.87. The Bertz CT molecular complexity index is 657. The van der Waals surface area contributed by atoms with Crippen LogP contribution in [-0.4, -0.2) is 18.3 Å². The van der Waals surface area contributed by atoms with Crippen molar-refractivity contribution in [3.05, 3.63) is 48.0 Å². The van der Waals surface area contributed by atoms with Crippen LogP contribution in [0.3, 0.4) is 0 Å². The summed E-state index contributed by atoms with van der Waals surface area (Å²) >= 11 is 3.34. The van der Waals surface area contributed by atoms with Gasteiger partial charge in [0.2, 0.25) is 0 Å². The minimum atomic E-state index is -4.71. The van der Waals surface area contributed by atoms with Crippen molar-refractivity contribution < 1.29 is 22.6 Å². The fraction of sp³-hybridized carbons (Fsp3) is 0.294. The number of para-hydroxylation sites is 1. The lowest BCUT2D eigenvalue weighted by Gasteiger charge is -2.15. The van der Waals surface area contributed by atoms with Crippen LogP contribution >= 0.6 is 15.9 Å². The Morgan fingerprint density at radius 3 is 2.52 bits per heavy atom. The molecule has 0 aromatic heterocycles. The molecule has 0 fully saturated rings. The summed E-state index contributed by atoms with van der Waals surface area (Å²) in [4.78, 5) is 0. The first-order valence-corrected chi connectivity index (χ1v) is 8.17. The first-order valence-electron chi connectivity index (χ1n) is 7.05. The van der Waals surface area contributed by atoms with Crippen LogP contribution < -0.4 is 9.47 Å². The van der Waals surface area contributed by atoms with Crippen molar-refractivity contribution in [1.82, 2.24) is 0 Å². The molecule has 2 aromatic rings. The SMILES string of the molecule is Cc1cccc(-c2cccc(OC(F)(F)F)c2)c1OCCCBr. The number of benzene rings is 2. The first kappa shape index (κ1) is 17.7. The largest absolute Gasteiger partial charge is 0.573 e. The molecular formula is C17H16BrF3O2. The normalized spacial score (nSPS) is 11.3. The molecule has 6 heteroatoms. The van der Waals surface area contributed by atoms with Crippen molar-refractivity contribution >= 4 is 15.9 Å². The second kappa shape index (κ2) is 7.73. The average Bonchev–Trinajstić information content (AvgIpc) is 2.47. The van der Waals surface area contributed by atoms with E-state index in [1.807, 2.05) is 25.1 Å². The van der Waals surface area contributed by atoms with Gasteiger partial charge in [-0.05, 0) is 36.6 Å². The molecule has 0 atom stereocenters. The van der Waals surface area contributed by atoms with E-state index in [-0.39, 0.29) is 5.75 Å². The zero-order valence-corrected chi connectivity index (χ0v) is 14.1. The van der Waals surface area contributed by atoms with Crippen LogP contribution in [0.25, 0.3) is 11.1 Å². The summed E-state index contributed by atoms with van der Waals surface area (Å²) in [5, 5.41) is 0.823. The van der Waals surface area contributed by atoms with Gasteiger partial charge in [-0.1, -0.05) is 46.3 Å². The van der Waals surface area contributed by atoms with Gasteiger partial charge in [0.25, 0.3) is 0 Å². The molecule has 0 aliphatic carbocycles. The van der Waals surface area contributed by atoms with Gasteiger partial charge >= 0.3 is 6.36 Å². The molecule has 0 aliphatic rings. The van der Waals surface area contributed by atoms with Crippen molar-refractivity contribution in [1.29, 1.82) is 0 Å². The summed E-state index contributed by atoms with van der Waals surface area (Å²) in [6, 6.07) is 11.5. The van der Waals surface area contributed by atoms with Gasteiger partial charge in [0.15, 0.2) is 0 Å². The van der Waals surface area contributed by atoms with Crippen LogP contribution in [0.1, 0.15) is 12.0 Å². The minimum absolute atomic E-state index is 0.247. The monoisotopic (exact) mass is 388 g/mol. The number of aryl methyl sites for hydroxylation is 1. The molecule has 2 rings (SSSR count). The van der Waals surface area contributed by atoms with Gasteiger partial charge in [0.05, 0.1) is 6.61 Å². The molecule has 0 bridgehead atoms. The van der Waals surface area contributed by atoms with Gasteiger partial charge in [-0.15, -0.1) is 13.2 Å². The maximum Gasteiger partial charge on any atom is 0.573 e. The van der Waals surface area contributed by atoms with E-state index in [4.69, 9.17) is 4.74 Å². The number of halogens is 4. The maximum atomic E-state index is 12.4. The Balaban J connectivity index is 2.34. The lowest BCUT2D eigenvalue weighted by molar-refractivity contribution is -0.274. The van der Waals surface area contributed by atoms with E-state index in [1.54, 1.807) is 6.07 Å². The van der Waals surface area contributed by atoms with E-state index in [0.717, 1.165) is 22.9 Å². The predicted molar refractivity (Wildman–Crippen MR) is 87.2 cm³/mol. The Kier molecular flexibility index (Phi) is 5.93. The second-order valence-corrected chi connectivity index (χ2v) is 5.71. The number of alkyl halides is 4. The molecule has 0 amide bonds. The number of ether oxygens (including phenoxy) is 2. The third-order valence-corrected chi connectivity index (χ3v) is 3.68. The zero-order chi connectivity index (χ0) is 16.9. The van der Waals surface area contributed by atoms with Gasteiger partial charge < -0.3 is 9.47 Å². The van der Waals surface area contributed by atoms with Crippen molar-refractivity contribution in [3.63, 3.8) is 0 Å². The van der Waals surface area contributed by atoms with Gasteiger partial charge in [0, 0.05) is 10.9 Å². The Morgan fingerprint density at radius 2 is 1.83 bits per heavy atom. The number of rotatable bonds is 6. The molecule has 0 radical (unpaired) electrons. The third-order valence-electron chi connectivity index (χ3n) is 3.11. The summed E-state index contributed by atoms with van der Waals surface area (Å²) in [7, 11) is 0. The van der Waals surface area contributed by atoms with E-state index in [9.17, 15) is 13.2 Å². The third kappa shape index (κ3) is 5.16. The summed E-state index contributed by atoms with van der Waals surface area (Å²) in [5.74, 6) is 0.431. The topological polar surface area (TPSA) is 18.5 Å². The molecule has 0 saturated heterocycles. The molecule has 0 heterocycles. The minimum Gasteiger partial charge on any atom is -0.493 e. The van der Waals surface area contributed by atoms with E-state index >= 15 is 0 Å². The molecule has 124 valence electrons. The number of hydrogen-bond acceptors (Lipinski definition) is 2. The molecule has 2 nitrogen and oxygen atoms in total. The lowest BCUT2D eigenvalue weighted by atomic mass is 10.0. The molecular weight excluding hydrogens is 373 g/mol. The van der Waals surface area contributed by atoms with E-state index in [0.29, 0.717) is 17.9 Å². The second-order valence-electron chi connectivity index (χ2n) is 4.92. The average molecular weight is 389 g/mol. The maximum absolute atomic E-state index is 12.4. The molecule has 23 heavy (non-hydrogen) atoms. The van der Waals surface area contributed by atoms with Crippen LogP contribution in [-0.2, 0) is 0 Å². The Morgan fingerprint density at radius 1 is 1.09 bits per heavy atom. The Hall–Kier alpha value is -1.69. The van der Waals surface area contributed by atoms with Gasteiger partial charge in [-0.2, -0.15) is 0 Å². The lowest BCUT2D eigenvalue weighted by Crippen LogP contribution is -2.17. The molecule has 0 spiro atoms. The smallest absolute Gasteiger partial charge is 0.493 e. The van der Waals surface area contributed by atoms with Crippen LogP contribution in [0.4, 0.5) is 13.2 Å². The summed E-state index contributed by atoms with van der Waals surface area (Å²) in [6.45, 7) is 2.44. The molecule has 0 N–H and O–H groups in total. The zero-order valence-electron chi connectivity index (χ0n) is 12.5. The van der Waals surface area contributed by atoms with E-state index in [1.165, 1.54) is 18.2 Å². The molecule has 0 aliphatic heterocycles. The van der Waals surface area contributed by atoms with Crippen LogP contribution in [0.5, 0.6) is 11.5 Å². The van der Waals surface area contributed by atoms with Crippen molar-refractivity contribution in [3.8, 4) is 22.6 Å². The highest BCUT2D eigenvalue weighted by Gasteiger charge is 2.31. The Labute approximate surface area is 141 Å². The fourth-order valence-corrected chi connectivity index (χ4v) is 2.39. The van der Waals surface area contributed by atoms with E-state index in [2.05, 4.69) is 20.7 Å². The molecule has 0 unspecified atom stereocenters. The summed E-state index contributed by atoms with van der Waals surface area (Å²) in [5.41, 5.74) is 2.29.